The molecule has 0 amide bonds. The minimum Gasteiger partial charge on any atom is -0.294 e. The van der Waals surface area contributed by atoms with Gasteiger partial charge in [-0.3, -0.25) is 4.79 Å². The van der Waals surface area contributed by atoms with Crippen molar-refractivity contribution in [2.45, 2.75) is 6.42 Å². The van der Waals surface area contributed by atoms with Crippen LogP contribution in [0, 0.1) is 5.82 Å². The number of Topliss-reactive ketones (excluding diaryl/α,β-unsaturated/α-hetero) is 1. The van der Waals surface area contributed by atoms with E-state index in [0.717, 1.165) is 14.5 Å². The van der Waals surface area contributed by atoms with Gasteiger partial charge in [-0.2, -0.15) is 0 Å². The van der Waals surface area contributed by atoms with Gasteiger partial charge in [0.15, 0.2) is 5.78 Å². The number of carbonyl (C=O) groups excluding carboxylic acids is 1. The van der Waals surface area contributed by atoms with Crippen molar-refractivity contribution >= 4 is 53.6 Å². The van der Waals surface area contributed by atoms with Crippen LogP contribution in [0.4, 0.5) is 4.39 Å². The normalized spacial score (nSPS) is 10.5. The minimum atomic E-state index is -0.332. The Morgan fingerprint density at radius 3 is 2.21 bits per heavy atom. The predicted molar refractivity (Wildman–Crippen MR) is 84.0 cm³/mol. The van der Waals surface area contributed by atoms with Gasteiger partial charge >= 0.3 is 0 Å². The number of halogens is 4. The highest BCUT2D eigenvalue weighted by Crippen LogP contribution is 2.22. The van der Waals surface area contributed by atoms with Gasteiger partial charge in [0.1, 0.15) is 5.82 Å². The second-order valence-electron chi connectivity index (χ2n) is 4.01. The molecule has 0 aliphatic heterocycles. The third-order valence-electron chi connectivity index (χ3n) is 2.53. The van der Waals surface area contributed by atoms with Gasteiger partial charge in [-0.25, -0.2) is 4.39 Å². The summed E-state index contributed by atoms with van der Waals surface area (Å²) in [6.45, 7) is 0. The maximum absolute atomic E-state index is 13.1. The second kappa shape index (κ2) is 6.29. The molecule has 0 spiro atoms. The molecule has 2 aromatic carbocycles. The third-order valence-corrected chi connectivity index (χ3v) is 4.06. The van der Waals surface area contributed by atoms with Crippen LogP contribution in [0.2, 0.25) is 0 Å². The highest BCUT2D eigenvalue weighted by Gasteiger charge is 2.10. The smallest absolute Gasteiger partial charge is 0.167 e. The van der Waals surface area contributed by atoms with Crippen LogP contribution in [0.1, 0.15) is 15.9 Å². The lowest BCUT2D eigenvalue weighted by Crippen LogP contribution is -2.04. The summed E-state index contributed by atoms with van der Waals surface area (Å²) in [5, 5.41) is 0. The second-order valence-corrected chi connectivity index (χ2v) is 6.69. The number of rotatable bonds is 3. The largest absolute Gasteiger partial charge is 0.294 e. The van der Waals surface area contributed by atoms with Crippen molar-refractivity contribution in [3.8, 4) is 0 Å². The molecule has 0 bridgehead atoms. The van der Waals surface area contributed by atoms with Crippen molar-refractivity contribution in [3.63, 3.8) is 0 Å². The molecule has 0 N–H and O–H groups in total. The molecule has 0 saturated heterocycles. The van der Waals surface area contributed by atoms with Crippen LogP contribution in [-0.4, -0.2) is 5.78 Å². The van der Waals surface area contributed by atoms with Crippen molar-refractivity contribution in [3.05, 3.63) is 66.8 Å². The summed E-state index contributed by atoms with van der Waals surface area (Å²) in [5.41, 5.74) is 1.39. The Kier molecular flexibility index (Phi) is 4.92. The van der Waals surface area contributed by atoms with Gasteiger partial charge in [0, 0.05) is 20.9 Å². The van der Waals surface area contributed by atoms with E-state index >= 15 is 0 Å². The molecule has 0 aliphatic carbocycles. The lowest BCUT2D eigenvalue weighted by molar-refractivity contribution is 0.0993. The zero-order valence-electron chi connectivity index (χ0n) is 9.59. The first kappa shape index (κ1) is 14.9. The Morgan fingerprint density at radius 2 is 1.63 bits per heavy atom. The molecule has 0 radical (unpaired) electrons. The van der Waals surface area contributed by atoms with Gasteiger partial charge < -0.3 is 0 Å². The molecule has 0 aliphatic rings. The van der Waals surface area contributed by atoms with Crippen molar-refractivity contribution in [1.29, 1.82) is 0 Å². The summed E-state index contributed by atoms with van der Waals surface area (Å²) in [6.07, 6.45) is 0.238. The molecule has 0 unspecified atom stereocenters. The van der Waals surface area contributed by atoms with E-state index in [4.69, 9.17) is 0 Å². The zero-order valence-corrected chi connectivity index (χ0v) is 14.3. The number of hydrogen-bond donors (Lipinski definition) is 0. The lowest BCUT2D eigenvalue weighted by atomic mass is 10.0. The molecule has 0 heterocycles. The standard InChI is InChI=1S/C14H8Br3FO/c15-10-5-9(6-11(16)7-10)14(19)4-8-1-2-13(18)12(17)3-8/h1-3,5-7H,4H2. The van der Waals surface area contributed by atoms with Crippen LogP contribution in [0.3, 0.4) is 0 Å². The maximum Gasteiger partial charge on any atom is 0.167 e. The number of carbonyl (C=O) groups is 1. The van der Waals surface area contributed by atoms with Crippen molar-refractivity contribution in [2.75, 3.05) is 0 Å². The Morgan fingerprint density at radius 1 is 1.00 bits per heavy atom. The Balaban J connectivity index is 2.22. The fourth-order valence-corrected chi connectivity index (χ4v) is 3.37. The third kappa shape index (κ3) is 3.97. The van der Waals surface area contributed by atoms with E-state index < -0.39 is 0 Å². The Hall–Kier alpha value is -0.520. The van der Waals surface area contributed by atoms with Gasteiger partial charge in [0.05, 0.1) is 4.47 Å². The number of ketones is 1. The summed E-state index contributed by atoms with van der Waals surface area (Å²) in [6, 6.07) is 10.00. The molecule has 5 heteroatoms. The van der Waals surface area contributed by atoms with Crippen molar-refractivity contribution < 1.29 is 9.18 Å². The predicted octanol–water partition coefficient (Wildman–Crippen LogP) is 5.54. The van der Waals surface area contributed by atoms with Crippen LogP contribution in [0.15, 0.2) is 49.8 Å². The number of benzene rings is 2. The van der Waals surface area contributed by atoms with E-state index in [1.807, 2.05) is 6.07 Å². The molecule has 2 aromatic rings. The number of hydrogen-bond acceptors (Lipinski definition) is 1. The van der Waals surface area contributed by atoms with E-state index in [-0.39, 0.29) is 18.0 Å². The molecular formula is C14H8Br3FO. The quantitative estimate of drug-likeness (QED) is 0.561. The van der Waals surface area contributed by atoms with Crippen molar-refractivity contribution in [2.24, 2.45) is 0 Å². The van der Waals surface area contributed by atoms with E-state index in [1.165, 1.54) is 6.07 Å². The first-order chi connectivity index (χ1) is 8.95. The van der Waals surface area contributed by atoms with Crippen LogP contribution >= 0.6 is 47.8 Å². The monoisotopic (exact) mass is 448 g/mol. The van der Waals surface area contributed by atoms with E-state index in [2.05, 4.69) is 47.8 Å². The summed E-state index contributed by atoms with van der Waals surface area (Å²) < 4.78 is 15.2. The molecule has 1 nitrogen and oxygen atoms in total. The molecule has 0 fully saturated rings. The first-order valence-corrected chi connectivity index (χ1v) is 7.77. The summed E-state index contributed by atoms with van der Waals surface area (Å²) >= 11 is 9.81. The molecule has 19 heavy (non-hydrogen) atoms. The van der Waals surface area contributed by atoms with E-state index in [9.17, 15) is 9.18 Å². The Bertz CT molecular complexity index is 620. The van der Waals surface area contributed by atoms with Gasteiger partial charge in [0.25, 0.3) is 0 Å². The molecule has 2 rings (SSSR count). The van der Waals surface area contributed by atoms with Crippen molar-refractivity contribution in [1.82, 2.24) is 0 Å². The maximum atomic E-state index is 13.1. The van der Waals surface area contributed by atoms with E-state index in [0.29, 0.717) is 10.0 Å². The van der Waals surface area contributed by atoms with Gasteiger partial charge in [-0.05, 0) is 51.8 Å². The fourth-order valence-electron chi connectivity index (χ4n) is 1.65. The van der Waals surface area contributed by atoms with Crippen LogP contribution in [0.5, 0.6) is 0 Å². The fraction of sp³-hybridized carbons (Fsp3) is 0.0714. The van der Waals surface area contributed by atoms with Gasteiger partial charge in [-0.15, -0.1) is 0 Å². The SMILES string of the molecule is O=C(Cc1ccc(F)c(Br)c1)c1cc(Br)cc(Br)c1. The summed E-state index contributed by atoms with van der Waals surface area (Å²) in [5.74, 6) is -0.345. The van der Waals surface area contributed by atoms with E-state index in [1.54, 1.807) is 24.3 Å². The molecular weight excluding hydrogens is 443 g/mol. The highest BCUT2D eigenvalue weighted by molar-refractivity contribution is 9.11. The summed E-state index contributed by atoms with van der Waals surface area (Å²) in [4.78, 5) is 12.2. The highest BCUT2D eigenvalue weighted by atomic mass is 79.9. The molecule has 98 valence electrons. The average Bonchev–Trinajstić information content (AvgIpc) is 2.32. The molecule has 0 aromatic heterocycles. The molecule has 0 atom stereocenters. The summed E-state index contributed by atoms with van der Waals surface area (Å²) in [7, 11) is 0. The van der Waals surface area contributed by atoms with Gasteiger partial charge in [-0.1, -0.05) is 37.9 Å². The lowest BCUT2D eigenvalue weighted by Gasteiger charge is -2.04. The van der Waals surface area contributed by atoms with Gasteiger partial charge in [0.2, 0.25) is 0 Å². The average molecular weight is 451 g/mol. The minimum absolute atomic E-state index is 0.0134. The first-order valence-electron chi connectivity index (χ1n) is 5.39. The molecule has 0 saturated carbocycles. The van der Waals surface area contributed by atoms with Crippen LogP contribution in [0.25, 0.3) is 0 Å². The van der Waals surface area contributed by atoms with Crippen LogP contribution < -0.4 is 0 Å². The zero-order chi connectivity index (χ0) is 14.0. The topological polar surface area (TPSA) is 17.1 Å². The Labute approximate surface area is 135 Å². The van der Waals surface area contributed by atoms with Crippen LogP contribution in [-0.2, 0) is 6.42 Å².